The molecule has 0 aromatic heterocycles. The van der Waals surface area contributed by atoms with E-state index in [2.05, 4.69) is 10.3 Å². The molecule has 0 atom stereocenters. The second kappa shape index (κ2) is 8.58. The number of guanidine groups is 1. The fraction of sp³-hybridized carbons (Fsp3) is 0.417. The molecule has 0 aliphatic carbocycles. The molecule has 0 amide bonds. The Morgan fingerprint density at radius 2 is 2.00 bits per heavy atom. The number of halogens is 2. The summed E-state index contributed by atoms with van der Waals surface area (Å²) in [5.74, 6) is 0.882. The highest BCUT2D eigenvalue weighted by Crippen LogP contribution is 2.14. The molecular formula is C12H19ClIN3. The molecule has 96 valence electrons. The Morgan fingerprint density at radius 3 is 2.53 bits per heavy atom. The van der Waals surface area contributed by atoms with Gasteiger partial charge in [-0.3, -0.25) is 4.99 Å². The van der Waals surface area contributed by atoms with Crippen molar-refractivity contribution in [1.29, 1.82) is 0 Å². The van der Waals surface area contributed by atoms with Gasteiger partial charge in [0.15, 0.2) is 5.96 Å². The number of rotatable bonds is 3. The van der Waals surface area contributed by atoms with Crippen LogP contribution in [0.25, 0.3) is 0 Å². The summed E-state index contributed by atoms with van der Waals surface area (Å²) < 4.78 is 0. The maximum absolute atomic E-state index is 6.07. The number of benzene rings is 1. The summed E-state index contributed by atoms with van der Waals surface area (Å²) in [6.45, 7) is 0.828. The van der Waals surface area contributed by atoms with E-state index in [9.17, 15) is 0 Å². The highest BCUT2D eigenvalue weighted by Gasteiger charge is 2.01. The number of nitrogens with zero attached hydrogens (tertiary/aromatic N) is 2. The van der Waals surface area contributed by atoms with Crippen molar-refractivity contribution in [1.82, 2.24) is 10.2 Å². The molecule has 5 heteroatoms. The summed E-state index contributed by atoms with van der Waals surface area (Å²) in [6.07, 6.45) is 0.895. The largest absolute Gasteiger partial charge is 0.356 e. The highest BCUT2D eigenvalue weighted by atomic mass is 127. The zero-order chi connectivity index (χ0) is 12.0. The van der Waals surface area contributed by atoms with E-state index in [0.717, 1.165) is 29.5 Å². The molecule has 0 aliphatic heterocycles. The van der Waals surface area contributed by atoms with Crippen molar-refractivity contribution in [3.05, 3.63) is 34.9 Å². The van der Waals surface area contributed by atoms with Gasteiger partial charge in [-0.05, 0) is 18.1 Å². The molecule has 17 heavy (non-hydrogen) atoms. The Balaban J connectivity index is 0.00000256. The van der Waals surface area contributed by atoms with Crippen molar-refractivity contribution in [2.75, 3.05) is 27.7 Å². The maximum atomic E-state index is 6.07. The SMILES string of the molecule is CN=C(NCCc1ccccc1Cl)N(C)C.I. The number of nitrogens with one attached hydrogen (secondary N) is 1. The summed E-state index contributed by atoms with van der Waals surface area (Å²) >= 11 is 6.07. The van der Waals surface area contributed by atoms with E-state index in [4.69, 9.17) is 11.6 Å². The minimum atomic E-state index is 0. The fourth-order valence-electron chi connectivity index (χ4n) is 1.45. The van der Waals surface area contributed by atoms with Gasteiger partial charge in [0.2, 0.25) is 0 Å². The van der Waals surface area contributed by atoms with Crippen molar-refractivity contribution in [3.8, 4) is 0 Å². The molecule has 0 radical (unpaired) electrons. The monoisotopic (exact) mass is 367 g/mol. The smallest absolute Gasteiger partial charge is 0.193 e. The minimum absolute atomic E-state index is 0. The van der Waals surface area contributed by atoms with E-state index in [0.29, 0.717) is 0 Å². The molecule has 1 aromatic carbocycles. The van der Waals surface area contributed by atoms with E-state index in [-0.39, 0.29) is 24.0 Å². The van der Waals surface area contributed by atoms with Crippen LogP contribution >= 0.6 is 35.6 Å². The molecule has 0 saturated heterocycles. The van der Waals surface area contributed by atoms with Crippen LogP contribution in [0.15, 0.2) is 29.3 Å². The first-order valence-electron chi connectivity index (χ1n) is 5.26. The lowest BCUT2D eigenvalue weighted by atomic mass is 10.1. The Kier molecular flexibility index (Phi) is 8.33. The summed E-state index contributed by atoms with van der Waals surface area (Å²) in [5.41, 5.74) is 1.16. The molecule has 0 unspecified atom stereocenters. The zero-order valence-electron chi connectivity index (χ0n) is 10.4. The third kappa shape index (κ3) is 5.59. The van der Waals surface area contributed by atoms with Crippen LogP contribution in [0.4, 0.5) is 0 Å². The second-order valence-corrected chi connectivity index (χ2v) is 4.12. The average molecular weight is 368 g/mol. The lowest BCUT2D eigenvalue weighted by Gasteiger charge is -2.16. The van der Waals surface area contributed by atoms with Gasteiger partial charge in [0, 0.05) is 32.7 Å². The molecule has 1 aromatic rings. The standard InChI is InChI=1S/C12H18ClN3.HI/c1-14-12(16(2)3)15-9-8-10-6-4-5-7-11(10)13;/h4-7H,8-9H2,1-3H3,(H,14,15);1H. The molecule has 1 N–H and O–H groups in total. The first kappa shape index (κ1) is 16.5. The molecule has 0 bridgehead atoms. The number of hydrogen-bond donors (Lipinski definition) is 1. The topological polar surface area (TPSA) is 27.6 Å². The fourth-order valence-corrected chi connectivity index (χ4v) is 1.68. The van der Waals surface area contributed by atoms with E-state index in [1.54, 1.807) is 7.05 Å². The predicted molar refractivity (Wildman–Crippen MR) is 85.6 cm³/mol. The van der Waals surface area contributed by atoms with Gasteiger partial charge in [0.25, 0.3) is 0 Å². The second-order valence-electron chi connectivity index (χ2n) is 3.71. The van der Waals surface area contributed by atoms with Crippen molar-refractivity contribution in [2.45, 2.75) is 6.42 Å². The summed E-state index contributed by atoms with van der Waals surface area (Å²) in [7, 11) is 5.70. The lowest BCUT2D eigenvalue weighted by Crippen LogP contribution is -2.37. The molecule has 0 aliphatic rings. The van der Waals surface area contributed by atoms with E-state index in [1.165, 1.54) is 0 Å². The van der Waals surface area contributed by atoms with Crippen molar-refractivity contribution in [3.63, 3.8) is 0 Å². The van der Waals surface area contributed by atoms with Crippen LogP contribution in [-0.2, 0) is 6.42 Å². The first-order chi connectivity index (χ1) is 7.65. The van der Waals surface area contributed by atoms with Crippen LogP contribution in [0.1, 0.15) is 5.56 Å². The quantitative estimate of drug-likeness (QED) is 0.505. The van der Waals surface area contributed by atoms with E-state index < -0.39 is 0 Å². The van der Waals surface area contributed by atoms with E-state index >= 15 is 0 Å². The van der Waals surface area contributed by atoms with Gasteiger partial charge in [0.1, 0.15) is 0 Å². The van der Waals surface area contributed by atoms with Gasteiger partial charge in [0.05, 0.1) is 0 Å². The average Bonchev–Trinajstić information content (AvgIpc) is 2.26. The van der Waals surface area contributed by atoms with Gasteiger partial charge in [-0.25, -0.2) is 0 Å². The number of aliphatic imine (C=N–C) groups is 1. The zero-order valence-corrected chi connectivity index (χ0v) is 13.5. The number of hydrogen-bond acceptors (Lipinski definition) is 1. The Labute approximate surface area is 125 Å². The van der Waals surface area contributed by atoms with Crippen LogP contribution in [-0.4, -0.2) is 38.5 Å². The third-order valence-corrected chi connectivity index (χ3v) is 2.64. The molecule has 0 fully saturated rings. The molecule has 0 heterocycles. The van der Waals surface area contributed by atoms with Crippen LogP contribution in [0.2, 0.25) is 5.02 Å². The van der Waals surface area contributed by atoms with Crippen molar-refractivity contribution >= 4 is 41.5 Å². The van der Waals surface area contributed by atoms with Crippen LogP contribution in [0.3, 0.4) is 0 Å². The lowest BCUT2D eigenvalue weighted by molar-refractivity contribution is 0.583. The summed E-state index contributed by atoms with van der Waals surface area (Å²) in [5, 5.41) is 4.09. The van der Waals surface area contributed by atoms with E-state index in [1.807, 2.05) is 43.3 Å². The minimum Gasteiger partial charge on any atom is -0.356 e. The molecule has 0 spiro atoms. The molecular weight excluding hydrogens is 349 g/mol. The van der Waals surface area contributed by atoms with Gasteiger partial charge in [-0.2, -0.15) is 0 Å². The Morgan fingerprint density at radius 1 is 1.35 bits per heavy atom. The molecule has 0 saturated carbocycles. The van der Waals surface area contributed by atoms with Gasteiger partial charge in [-0.15, -0.1) is 24.0 Å². The van der Waals surface area contributed by atoms with Crippen molar-refractivity contribution < 1.29 is 0 Å². The molecule has 1 rings (SSSR count). The highest BCUT2D eigenvalue weighted by molar-refractivity contribution is 14.0. The van der Waals surface area contributed by atoms with Gasteiger partial charge >= 0.3 is 0 Å². The predicted octanol–water partition coefficient (Wildman–Crippen LogP) is 2.64. The summed E-state index contributed by atoms with van der Waals surface area (Å²) in [4.78, 5) is 6.09. The molecule has 3 nitrogen and oxygen atoms in total. The van der Waals surface area contributed by atoms with Crippen LogP contribution < -0.4 is 5.32 Å². The van der Waals surface area contributed by atoms with Gasteiger partial charge < -0.3 is 10.2 Å². The maximum Gasteiger partial charge on any atom is 0.193 e. The Hall–Kier alpha value is -0.490. The Bertz CT molecular complexity index is 367. The summed E-state index contributed by atoms with van der Waals surface area (Å²) in [6, 6.07) is 7.90. The van der Waals surface area contributed by atoms with Crippen LogP contribution in [0, 0.1) is 0 Å². The van der Waals surface area contributed by atoms with Crippen molar-refractivity contribution in [2.24, 2.45) is 4.99 Å². The normalized spacial score (nSPS) is 10.7. The van der Waals surface area contributed by atoms with Gasteiger partial charge in [-0.1, -0.05) is 29.8 Å². The third-order valence-electron chi connectivity index (χ3n) is 2.27. The van der Waals surface area contributed by atoms with Crippen LogP contribution in [0.5, 0.6) is 0 Å². The first-order valence-corrected chi connectivity index (χ1v) is 5.64.